The lowest BCUT2D eigenvalue weighted by Gasteiger charge is -2.08. The van der Waals surface area contributed by atoms with Crippen LogP contribution in [0.25, 0.3) is 22.3 Å². The maximum Gasteiger partial charge on any atom is 0.269 e. The number of benzene rings is 2. The zero-order valence-electron chi connectivity index (χ0n) is 19.8. The van der Waals surface area contributed by atoms with Crippen molar-refractivity contribution in [3.8, 4) is 11.3 Å². The molecule has 2 aromatic carbocycles. The Morgan fingerprint density at radius 1 is 1.11 bits per heavy atom. The van der Waals surface area contributed by atoms with Gasteiger partial charge in [0.1, 0.15) is 23.2 Å². The van der Waals surface area contributed by atoms with Crippen molar-refractivity contribution in [1.82, 2.24) is 34.4 Å². The zero-order chi connectivity index (χ0) is 25.2. The Balaban J connectivity index is 1.26. The van der Waals surface area contributed by atoms with Gasteiger partial charge in [-0.3, -0.25) is 18.8 Å². The molecule has 0 radical (unpaired) electrons. The van der Waals surface area contributed by atoms with E-state index in [1.165, 1.54) is 29.3 Å². The zero-order valence-corrected chi connectivity index (χ0v) is 19.8. The summed E-state index contributed by atoms with van der Waals surface area (Å²) in [4.78, 5) is 30.1. The van der Waals surface area contributed by atoms with E-state index >= 15 is 0 Å². The minimum absolute atomic E-state index is 0.167. The van der Waals surface area contributed by atoms with Crippen molar-refractivity contribution in [2.24, 2.45) is 7.05 Å². The molecule has 5 aromatic rings. The number of hydrogen-bond acceptors (Lipinski definition) is 5. The van der Waals surface area contributed by atoms with E-state index in [0.717, 1.165) is 11.1 Å². The molecule has 0 spiro atoms. The molecule has 0 bridgehead atoms. The summed E-state index contributed by atoms with van der Waals surface area (Å²) in [6.45, 7) is 3.05. The van der Waals surface area contributed by atoms with E-state index in [1.807, 2.05) is 31.2 Å². The number of carbonyl (C=O) groups excluding carboxylic acids is 1. The van der Waals surface area contributed by atoms with E-state index in [0.29, 0.717) is 41.1 Å². The Hall–Kier alpha value is -4.60. The molecule has 0 fully saturated rings. The molecule has 3 heterocycles. The fourth-order valence-electron chi connectivity index (χ4n) is 4.09. The predicted octanol–water partition coefficient (Wildman–Crippen LogP) is 2.92. The van der Waals surface area contributed by atoms with E-state index in [4.69, 9.17) is 0 Å². The van der Waals surface area contributed by atoms with Crippen molar-refractivity contribution in [2.45, 2.75) is 20.0 Å². The molecule has 0 aliphatic rings. The van der Waals surface area contributed by atoms with Crippen molar-refractivity contribution >= 4 is 16.9 Å². The van der Waals surface area contributed by atoms with Gasteiger partial charge >= 0.3 is 0 Å². The summed E-state index contributed by atoms with van der Waals surface area (Å²) in [5.41, 5.74) is 4.11. The molecule has 5 rings (SSSR count). The average Bonchev–Trinajstić information content (AvgIpc) is 3.45. The van der Waals surface area contributed by atoms with Gasteiger partial charge < -0.3 is 5.32 Å². The molecule has 0 unspecified atom stereocenters. The number of hydrogen-bond donors (Lipinski definition) is 1. The molecule has 1 N–H and O–H groups in total. The second-order valence-electron chi connectivity index (χ2n) is 8.57. The first-order valence-corrected chi connectivity index (χ1v) is 11.4. The molecular weight excluding hydrogens is 461 g/mol. The van der Waals surface area contributed by atoms with Crippen LogP contribution in [0.1, 0.15) is 21.6 Å². The fourth-order valence-corrected chi connectivity index (χ4v) is 4.09. The first kappa shape index (κ1) is 23.2. The molecule has 0 saturated carbocycles. The summed E-state index contributed by atoms with van der Waals surface area (Å²) in [6, 6.07) is 15.6. The van der Waals surface area contributed by atoms with E-state index in [9.17, 15) is 14.0 Å². The van der Waals surface area contributed by atoms with E-state index in [2.05, 4.69) is 20.5 Å². The van der Waals surface area contributed by atoms with Crippen LogP contribution < -0.4 is 10.9 Å². The highest BCUT2D eigenvalue weighted by molar-refractivity contribution is 5.93. The number of nitrogens with one attached hydrogen (secondary N) is 1. The van der Waals surface area contributed by atoms with Crippen molar-refractivity contribution < 1.29 is 9.18 Å². The summed E-state index contributed by atoms with van der Waals surface area (Å²) >= 11 is 0. The normalized spacial score (nSPS) is 11.2. The van der Waals surface area contributed by atoms with Crippen molar-refractivity contribution in [3.63, 3.8) is 0 Å². The maximum atomic E-state index is 13.2. The van der Waals surface area contributed by atoms with Gasteiger partial charge in [0.25, 0.3) is 11.5 Å². The number of fused-ring (bicyclic) bond motifs is 1. The number of rotatable bonds is 7. The molecule has 36 heavy (non-hydrogen) atoms. The lowest BCUT2D eigenvalue weighted by atomic mass is 10.1. The highest BCUT2D eigenvalue weighted by Crippen LogP contribution is 2.19. The Labute approximate surface area is 205 Å². The highest BCUT2D eigenvalue weighted by Gasteiger charge is 2.15. The SMILES string of the molecule is Cc1cccc(Cn2cnc3c(cnn3CCNC(=O)c3cc(-c4ccc(F)cc4)nn3C)c2=O)c1. The fraction of sp³-hybridized carbons (Fsp3) is 0.192. The highest BCUT2D eigenvalue weighted by atomic mass is 19.1. The summed E-state index contributed by atoms with van der Waals surface area (Å²) in [5.74, 6) is -0.637. The molecule has 9 nitrogen and oxygen atoms in total. The van der Waals surface area contributed by atoms with Crippen LogP contribution >= 0.6 is 0 Å². The molecule has 0 aliphatic carbocycles. The minimum atomic E-state index is -0.335. The van der Waals surface area contributed by atoms with Gasteiger partial charge in [-0.1, -0.05) is 29.8 Å². The summed E-state index contributed by atoms with van der Waals surface area (Å²) in [5, 5.41) is 11.9. The van der Waals surface area contributed by atoms with Gasteiger partial charge in [0, 0.05) is 19.2 Å². The van der Waals surface area contributed by atoms with Gasteiger partial charge in [-0.05, 0) is 42.8 Å². The third-order valence-corrected chi connectivity index (χ3v) is 5.92. The lowest BCUT2D eigenvalue weighted by Crippen LogP contribution is -2.29. The van der Waals surface area contributed by atoms with Crippen molar-refractivity contribution in [1.29, 1.82) is 0 Å². The smallest absolute Gasteiger partial charge is 0.269 e. The van der Waals surface area contributed by atoms with Gasteiger partial charge in [-0.15, -0.1) is 0 Å². The summed E-state index contributed by atoms with van der Waals surface area (Å²) in [6.07, 6.45) is 3.03. The molecule has 3 aromatic heterocycles. The van der Waals surface area contributed by atoms with Gasteiger partial charge in [-0.25, -0.2) is 14.1 Å². The van der Waals surface area contributed by atoms with E-state index in [-0.39, 0.29) is 23.8 Å². The Bertz CT molecular complexity index is 1620. The Kier molecular flexibility index (Phi) is 6.16. The van der Waals surface area contributed by atoms with Crippen molar-refractivity contribution in [3.05, 3.63) is 100 Å². The summed E-state index contributed by atoms with van der Waals surface area (Å²) in [7, 11) is 1.68. The van der Waals surface area contributed by atoms with Crippen LogP contribution in [0.3, 0.4) is 0 Å². The van der Waals surface area contributed by atoms with Crippen LogP contribution in [0.15, 0.2) is 71.9 Å². The monoisotopic (exact) mass is 485 g/mol. The molecule has 1 amide bonds. The first-order valence-electron chi connectivity index (χ1n) is 11.4. The molecule has 0 saturated heterocycles. The van der Waals surface area contributed by atoms with Gasteiger partial charge in [-0.2, -0.15) is 10.2 Å². The van der Waals surface area contributed by atoms with Gasteiger partial charge in [0.2, 0.25) is 0 Å². The Morgan fingerprint density at radius 3 is 2.69 bits per heavy atom. The topological polar surface area (TPSA) is 99.6 Å². The second kappa shape index (κ2) is 9.57. The number of amides is 1. The molecular formula is C26H24FN7O2. The largest absolute Gasteiger partial charge is 0.349 e. The van der Waals surface area contributed by atoms with Crippen LogP contribution in [-0.4, -0.2) is 41.6 Å². The number of aryl methyl sites for hydroxylation is 2. The minimum Gasteiger partial charge on any atom is -0.349 e. The van der Waals surface area contributed by atoms with Gasteiger partial charge in [0.05, 0.1) is 25.0 Å². The molecule has 182 valence electrons. The van der Waals surface area contributed by atoms with Crippen LogP contribution in [0.2, 0.25) is 0 Å². The molecule has 0 atom stereocenters. The summed E-state index contributed by atoms with van der Waals surface area (Å²) < 4.78 is 17.8. The lowest BCUT2D eigenvalue weighted by molar-refractivity contribution is 0.0942. The first-order chi connectivity index (χ1) is 17.4. The number of carbonyl (C=O) groups is 1. The van der Waals surface area contributed by atoms with Crippen LogP contribution in [0, 0.1) is 12.7 Å². The molecule has 0 aliphatic heterocycles. The average molecular weight is 486 g/mol. The maximum absolute atomic E-state index is 13.2. The third kappa shape index (κ3) is 4.65. The van der Waals surface area contributed by atoms with E-state index in [1.54, 1.807) is 34.5 Å². The Morgan fingerprint density at radius 2 is 1.92 bits per heavy atom. The number of halogens is 1. The van der Waals surface area contributed by atoms with Gasteiger partial charge in [0.15, 0.2) is 5.65 Å². The number of nitrogens with zero attached hydrogens (tertiary/aromatic N) is 6. The van der Waals surface area contributed by atoms with Crippen LogP contribution in [0.5, 0.6) is 0 Å². The second-order valence-corrected chi connectivity index (χ2v) is 8.57. The standard InChI is InChI=1S/C26H24FN7O2/c1-17-4-3-5-18(12-17)15-33-16-29-24-21(26(33)36)14-30-34(24)11-10-28-25(35)23-13-22(31-32(23)2)19-6-8-20(27)9-7-19/h3-9,12-14,16H,10-11,15H2,1-2H3,(H,28,35). The number of aromatic nitrogens is 6. The predicted molar refractivity (Wildman–Crippen MR) is 133 cm³/mol. The quantitative estimate of drug-likeness (QED) is 0.382. The van der Waals surface area contributed by atoms with Crippen molar-refractivity contribution in [2.75, 3.05) is 6.54 Å². The van der Waals surface area contributed by atoms with Crippen LogP contribution in [-0.2, 0) is 20.1 Å². The third-order valence-electron chi connectivity index (χ3n) is 5.92. The molecule has 10 heteroatoms. The van der Waals surface area contributed by atoms with Crippen LogP contribution in [0.4, 0.5) is 4.39 Å². The van der Waals surface area contributed by atoms with E-state index < -0.39 is 0 Å².